The number of carbonyl (C=O) groups is 3. The average molecular weight is 346 g/mol. The van der Waals surface area contributed by atoms with Gasteiger partial charge in [0.15, 0.2) is 4.67 Å². The molecule has 1 aliphatic rings. The van der Waals surface area contributed by atoms with Crippen LogP contribution in [-0.4, -0.2) is 33.7 Å². The number of aliphatic carboxylic acids is 1. The number of amides is 2. The number of furan rings is 1. The minimum atomic E-state index is -1.06. The highest BCUT2D eigenvalue weighted by molar-refractivity contribution is 9.10. The van der Waals surface area contributed by atoms with Crippen LogP contribution in [0.3, 0.4) is 0 Å². The molecule has 0 bridgehead atoms. The van der Waals surface area contributed by atoms with Gasteiger partial charge in [-0.15, -0.1) is 0 Å². The van der Waals surface area contributed by atoms with Gasteiger partial charge >= 0.3 is 5.97 Å². The number of hydrogen-bond acceptors (Lipinski definition) is 5. The summed E-state index contributed by atoms with van der Waals surface area (Å²) in [6.07, 6.45) is 1.19. The number of rotatable bonds is 4. The number of imide groups is 1. The minimum Gasteiger partial charge on any atom is -0.481 e. The molecule has 0 aliphatic carbocycles. The van der Waals surface area contributed by atoms with E-state index in [9.17, 15) is 14.4 Å². The highest BCUT2D eigenvalue weighted by atomic mass is 79.9. The molecule has 2 heterocycles. The predicted molar refractivity (Wildman–Crippen MR) is 71.3 cm³/mol. The number of carboxylic acid groups (broad SMARTS) is 1. The van der Waals surface area contributed by atoms with Gasteiger partial charge in [-0.05, 0) is 39.8 Å². The average Bonchev–Trinajstić information content (AvgIpc) is 2.83. The van der Waals surface area contributed by atoms with Crippen molar-refractivity contribution in [2.75, 3.05) is 6.54 Å². The Labute approximate surface area is 120 Å². The summed E-state index contributed by atoms with van der Waals surface area (Å²) in [5.74, 6) is -1.11. The lowest BCUT2D eigenvalue weighted by atomic mass is 10.3. The molecule has 1 saturated heterocycles. The topological polar surface area (TPSA) is 87.8 Å². The van der Waals surface area contributed by atoms with E-state index >= 15 is 0 Å². The lowest BCUT2D eigenvalue weighted by Crippen LogP contribution is -2.30. The molecule has 1 aromatic rings. The first kappa shape index (κ1) is 13.9. The van der Waals surface area contributed by atoms with E-state index in [2.05, 4.69) is 15.9 Å². The third-order valence-electron chi connectivity index (χ3n) is 2.29. The number of carboxylic acids is 1. The molecule has 6 nitrogen and oxygen atoms in total. The van der Waals surface area contributed by atoms with Gasteiger partial charge in [0.1, 0.15) is 5.76 Å². The molecule has 2 amide bonds. The van der Waals surface area contributed by atoms with E-state index < -0.39 is 17.1 Å². The summed E-state index contributed by atoms with van der Waals surface area (Å²) in [6, 6.07) is 3.32. The monoisotopic (exact) mass is 345 g/mol. The second-order valence-electron chi connectivity index (χ2n) is 3.62. The molecule has 0 atom stereocenters. The van der Waals surface area contributed by atoms with Gasteiger partial charge in [0.05, 0.1) is 11.3 Å². The molecule has 0 radical (unpaired) electrons. The van der Waals surface area contributed by atoms with Gasteiger partial charge in [0.2, 0.25) is 0 Å². The van der Waals surface area contributed by atoms with E-state index in [0.29, 0.717) is 10.4 Å². The SMILES string of the molecule is O=C(O)CCN1C(=O)S/C(=C\c2ccc(Br)o2)C1=O. The first-order valence-electron chi connectivity index (χ1n) is 5.20. The minimum absolute atomic E-state index is 0.126. The molecule has 1 aliphatic heterocycles. The van der Waals surface area contributed by atoms with Gasteiger partial charge in [-0.25, -0.2) is 0 Å². The Hall–Kier alpha value is -1.54. The van der Waals surface area contributed by atoms with Crippen LogP contribution in [0.2, 0.25) is 0 Å². The van der Waals surface area contributed by atoms with E-state index in [0.717, 1.165) is 16.7 Å². The maximum absolute atomic E-state index is 11.9. The summed E-state index contributed by atoms with van der Waals surface area (Å²) in [5.41, 5.74) is 0. The maximum Gasteiger partial charge on any atom is 0.305 e. The highest BCUT2D eigenvalue weighted by Crippen LogP contribution is 2.32. The standard InChI is InChI=1S/C11H8BrNO5S/c12-8-2-1-6(18-8)5-7-10(16)13(11(17)19-7)4-3-9(14)15/h1-2,5H,3-4H2,(H,14,15)/b7-5-. The van der Waals surface area contributed by atoms with Crippen molar-refractivity contribution in [2.24, 2.45) is 0 Å². The molecule has 19 heavy (non-hydrogen) atoms. The number of hydrogen-bond donors (Lipinski definition) is 1. The van der Waals surface area contributed by atoms with E-state index in [4.69, 9.17) is 9.52 Å². The Balaban J connectivity index is 2.13. The van der Waals surface area contributed by atoms with Crippen molar-refractivity contribution >= 4 is 50.9 Å². The number of nitrogens with zero attached hydrogens (tertiary/aromatic N) is 1. The molecular weight excluding hydrogens is 338 g/mol. The summed E-state index contributed by atoms with van der Waals surface area (Å²) >= 11 is 3.90. The first-order valence-corrected chi connectivity index (χ1v) is 6.81. The van der Waals surface area contributed by atoms with Crippen LogP contribution in [-0.2, 0) is 9.59 Å². The van der Waals surface area contributed by atoms with Gasteiger partial charge in [-0.1, -0.05) is 0 Å². The summed E-state index contributed by atoms with van der Waals surface area (Å²) in [4.78, 5) is 35.1. The normalized spacial score (nSPS) is 17.5. The van der Waals surface area contributed by atoms with Crippen molar-refractivity contribution in [2.45, 2.75) is 6.42 Å². The fraction of sp³-hybridized carbons (Fsp3) is 0.182. The molecule has 0 spiro atoms. The number of halogens is 1. The fourth-order valence-corrected chi connectivity index (χ4v) is 2.60. The summed E-state index contributed by atoms with van der Waals surface area (Å²) in [5, 5.41) is 8.09. The molecule has 0 unspecified atom stereocenters. The Morgan fingerprint density at radius 2 is 2.21 bits per heavy atom. The molecule has 2 rings (SSSR count). The Morgan fingerprint density at radius 3 is 2.79 bits per heavy atom. The van der Waals surface area contributed by atoms with Crippen molar-refractivity contribution in [3.05, 3.63) is 27.5 Å². The van der Waals surface area contributed by atoms with Crippen LogP contribution in [0.1, 0.15) is 12.2 Å². The van der Waals surface area contributed by atoms with Crippen LogP contribution in [0.4, 0.5) is 4.79 Å². The molecule has 100 valence electrons. The molecule has 1 aromatic heterocycles. The van der Waals surface area contributed by atoms with E-state index in [1.165, 1.54) is 6.08 Å². The Morgan fingerprint density at radius 1 is 1.47 bits per heavy atom. The van der Waals surface area contributed by atoms with Gasteiger partial charge in [0, 0.05) is 12.6 Å². The van der Waals surface area contributed by atoms with Crippen LogP contribution in [0.15, 0.2) is 26.1 Å². The van der Waals surface area contributed by atoms with Gasteiger partial charge in [0.25, 0.3) is 11.1 Å². The van der Waals surface area contributed by atoms with Crippen molar-refractivity contribution < 1.29 is 23.9 Å². The summed E-state index contributed by atoms with van der Waals surface area (Å²) in [7, 11) is 0. The fourth-order valence-electron chi connectivity index (χ4n) is 1.44. The van der Waals surface area contributed by atoms with Gasteiger partial charge in [-0.2, -0.15) is 0 Å². The number of carbonyl (C=O) groups excluding carboxylic acids is 2. The lowest BCUT2D eigenvalue weighted by Gasteiger charge is -2.09. The van der Waals surface area contributed by atoms with Crippen molar-refractivity contribution in [3.63, 3.8) is 0 Å². The van der Waals surface area contributed by atoms with E-state index in [1.807, 2.05) is 0 Å². The summed E-state index contributed by atoms with van der Waals surface area (Å²) in [6.45, 7) is -0.126. The highest BCUT2D eigenvalue weighted by Gasteiger charge is 2.35. The first-order chi connectivity index (χ1) is 8.97. The van der Waals surface area contributed by atoms with Crippen LogP contribution >= 0.6 is 27.7 Å². The van der Waals surface area contributed by atoms with E-state index in [1.54, 1.807) is 12.1 Å². The van der Waals surface area contributed by atoms with Gasteiger partial charge < -0.3 is 9.52 Å². The maximum atomic E-state index is 11.9. The van der Waals surface area contributed by atoms with Crippen LogP contribution in [0, 0.1) is 0 Å². The van der Waals surface area contributed by atoms with Crippen molar-refractivity contribution in [1.82, 2.24) is 4.90 Å². The molecule has 0 saturated carbocycles. The smallest absolute Gasteiger partial charge is 0.305 e. The van der Waals surface area contributed by atoms with Gasteiger partial charge in [-0.3, -0.25) is 19.3 Å². The molecule has 0 aromatic carbocycles. The zero-order valence-electron chi connectivity index (χ0n) is 9.46. The summed E-state index contributed by atoms with van der Waals surface area (Å²) < 4.78 is 5.73. The predicted octanol–water partition coefficient (Wildman–Crippen LogP) is 2.55. The zero-order chi connectivity index (χ0) is 14.0. The lowest BCUT2D eigenvalue weighted by molar-refractivity contribution is -0.137. The molecule has 1 N–H and O–H groups in total. The van der Waals surface area contributed by atoms with Crippen LogP contribution in [0.25, 0.3) is 6.08 Å². The molecule has 1 fully saturated rings. The third kappa shape index (κ3) is 3.27. The quantitative estimate of drug-likeness (QED) is 0.843. The van der Waals surface area contributed by atoms with Crippen molar-refractivity contribution in [3.8, 4) is 0 Å². The van der Waals surface area contributed by atoms with Crippen molar-refractivity contribution in [1.29, 1.82) is 0 Å². The van der Waals surface area contributed by atoms with Crippen LogP contribution in [0.5, 0.6) is 0 Å². The van der Waals surface area contributed by atoms with E-state index in [-0.39, 0.29) is 17.9 Å². The van der Waals surface area contributed by atoms with Crippen LogP contribution < -0.4 is 0 Å². The number of thioether (sulfide) groups is 1. The second kappa shape index (κ2) is 5.62. The molecule has 8 heteroatoms. The zero-order valence-corrected chi connectivity index (χ0v) is 11.9. The second-order valence-corrected chi connectivity index (χ2v) is 5.39. The third-order valence-corrected chi connectivity index (χ3v) is 3.62. The Bertz CT molecular complexity index is 579. The molecular formula is C11H8BrNO5S. The largest absolute Gasteiger partial charge is 0.481 e. The Kier molecular flexibility index (Phi) is 4.11.